The van der Waals surface area contributed by atoms with Crippen molar-refractivity contribution in [2.45, 2.75) is 43.9 Å². The van der Waals surface area contributed by atoms with E-state index in [4.69, 9.17) is 0 Å². The zero-order valence-corrected chi connectivity index (χ0v) is 11.5. The number of carboxylic acids is 1. The number of carbonyl (C=O) groups is 1. The average molecular weight is 272 g/mol. The van der Waals surface area contributed by atoms with Crippen molar-refractivity contribution in [2.24, 2.45) is 17.3 Å². The molecule has 0 radical (unpaired) electrons. The van der Waals surface area contributed by atoms with Gasteiger partial charge in [0.2, 0.25) is 0 Å². The average Bonchev–Trinajstić information content (AvgIpc) is 2.37. The fourth-order valence-corrected chi connectivity index (χ4v) is 5.67. The molecule has 0 aliphatic heterocycles. The van der Waals surface area contributed by atoms with E-state index in [-0.39, 0.29) is 11.2 Å². The van der Waals surface area contributed by atoms with Crippen LogP contribution in [0.25, 0.3) is 0 Å². The first kappa shape index (κ1) is 12.2. The van der Waals surface area contributed by atoms with Crippen LogP contribution < -0.4 is 0 Å². The van der Waals surface area contributed by atoms with Gasteiger partial charge in [-0.15, -0.1) is 0 Å². The molecule has 20 heavy (non-hydrogen) atoms. The molecule has 4 fully saturated rings. The number of carboxylic acid groups (broad SMARTS) is 1. The summed E-state index contributed by atoms with van der Waals surface area (Å²) in [5.41, 5.74) is 0.785. The first-order chi connectivity index (χ1) is 9.51. The molecule has 4 aliphatic carbocycles. The first-order valence-electron chi connectivity index (χ1n) is 7.54. The minimum atomic E-state index is -0.588. The van der Waals surface area contributed by atoms with Gasteiger partial charge in [-0.05, 0) is 73.5 Å². The van der Waals surface area contributed by atoms with Gasteiger partial charge in [0.05, 0.1) is 5.41 Å². The zero-order chi connectivity index (χ0) is 14.0. The van der Waals surface area contributed by atoms with Crippen molar-refractivity contribution < 1.29 is 15.0 Å². The lowest BCUT2D eigenvalue weighted by atomic mass is 9.43. The molecule has 4 bridgehead atoms. The SMILES string of the molecule is O=C(O)C12C[C@H]3C[C@H](C1)CC(c1ccc(O)cc1)(C3)C2. The van der Waals surface area contributed by atoms with Crippen LogP contribution in [0.15, 0.2) is 24.3 Å². The third kappa shape index (κ3) is 1.55. The fourth-order valence-electron chi connectivity index (χ4n) is 5.67. The van der Waals surface area contributed by atoms with Crippen LogP contribution in [-0.4, -0.2) is 16.2 Å². The zero-order valence-electron chi connectivity index (χ0n) is 11.5. The van der Waals surface area contributed by atoms with E-state index in [1.54, 1.807) is 12.1 Å². The van der Waals surface area contributed by atoms with Crippen LogP contribution in [0.4, 0.5) is 0 Å². The second-order valence-corrected chi connectivity index (χ2v) is 7.37. The number of aliphatic carboxylic acids is 1. The van der Waals surface area contributed by atoms with E-state index in [1.807, 2.05) is 12.1 Å². The summed E-state index contributed by atoms with van der Waals surface area (Å²) in [6, 6.07) is 7.47. The van der Waals surface area contributed by atoms with Crippen molar-refractivity contribution in [1.29, 1.82) is 0 Å². The quantitative estimate of drug-likeness (QED) is 0.868. The Morgan fingerprint density at radius 1 is 1.05 bits per heavy atom. The van der Waals surface area contributed by atoms with Crippen molar-refractivity contribution >= 4 is 5.97 Å². The number of hydrogen-bond acceptors (Lipinski definition) is 2. The van der Waals surface area contributed by atoms with Crippen LogP contribution in [-0.2, 0) is 10.2 Å². The molecule has 0 aromatic heterocycles. The van der Waals surface area contributed by atoms with E-state index in [0.29, 0.717) is 11.8 Å². The largest absolute Gasteiger partial charge is 0.508 e. The Kier molecular flexibility index (Phi) is 2.31. The minimum absolute atomic E-state index is 0.0379. The monoisotopic (exact) mass is 272 g/mol. The van der Waals surface area contributed by atoms with Crippen LogP contribution in [0, 0.1) is 17.3 Å². The Balaban J connectivity index is 1.79. The summed E-state index contributed by atoms with van der Waals surface area (Å²) < 4.78 is 0. The molecule has 1 aromatic carbocycles. The molecular formula is C17H20O3. The molecule has 3 nitrogen and oxygen atoms in total. The van der Waals surface area contributed by atoms with Gasteiger partial charge in [-0.2, -0.15) is 0 Å². The number of rotatable bonds is 2. The molecule has 0 unspecified atom stereocenters. The Morgan fingerprint density at radius 3 is 2.20 bits per heavy atom. The van der Waals surface area contributed by atoms with Gasteiger partial charge in [-0.1, -0.05) is 12.1 Å². The van der Waals surface area contributed by atoms with Gasteiger partial charge in [0.1, 0.15) is 5.75 Å². The minimum Gasteiger partial charge on any atom is -0.508 e. The van der Waals surface area contributed by atoms with Gasteiger partial charge in [0.15, 0.2) is 0 Å². The summed E-state index contributed by atoms with van der Waals surface area (Å²) in [5.74, 6) is 0.837. The Labute approximate surface area is 118 Å². The number of hydrogen-bond donors (Lipinski definition) is 2. The molecule has 3 heteroatoms. The van der Waals surface area contributed by atoms with E-state index in [0.717, 1.165) is 32.1 Å². The molecule has 2 N–H and O–H groups in total. The van der Waals surface area contributed by atoms with E-state index in [1.165, 1.54) is 12.0 Å². The van der Waals surface area contributed by atoms with E-state index in [2.05, 4.69) is 0 Å². The van der Waals surface area contributed by atoms with Crippen LogP contribution >= 0.6 is 0 Å². The summed E-state index contributed by atoms with van der Waals surface area (Å²) in [7, 11) is 0. The van der Waals surface area contributed by atoms with Crippen molar-refractivity contribution in [1.82, 2.24) is 0 Å². The van der Waals surface area contributed by atoms with Crippen molar-refractivity contribution in [3.8, 4) is 5.75 Å². The number of phenols is 1. The molecule has 2 atom stereocenters. The molecule has 1 aromatic rings. The van der Waals surface area contributed by atoms with Gasteiger partial charge in [0, 0.05) is 0 Å². The molecule has 4 aliphatic rings. The summed E-state index contributed by atoms with van der Waals surface area (Å²) in [4.78, 5) is 11.8. The summed E-state index contributed by atoms with van der Waals surface area (Å²) in [5, 5.41) is 19.2. The normalized spacial score (nSPS) is 41.8. The van der Waals surface area contributed by atoms with E-state index < -0.39 is 11.4 Å². The highest BCUT2D eigenvalue weighted by Crippen LogP contribution is 2.65. The maximum Gasteiger partial charge on any atom is 0.309 e. The highest BCUT2D eigenvalue weighted by atomic mass is 16.4. The lowest BCUT2D eigenvalue weighted by Gasteiger charge is -2.60. The molecule has 4 saturated carbocycles. The second kappa shape index (κ2) is 3.78. The van der Waals surface area contributed by atoms with Gasteiger partial charge in [-0.3, -0.25) is 4.79 Å². The van der Waals surface area contributed by atoms with E-state index in [9.17, 15) is 15.0 Å². The Morgan fingerprint density at radius 2 is 1.65 bits per heavy atom. The molecule has 0 spiro atoms. The summed E-state index contributed by atoms with van der Waals surface area (Å²) in [6.45, 7) is 0. The standard InChI is InChI=1S/C17H20O3/c18-14-3-1-13(2-4-14)16-6-11-5-12(7-16)9-17(8-11,10-16)15(19)20/h1-4,11-12,18H,5-10H2,(H,19,20)/t11-,12-,16?,17?/m0/s1. The summed E-state index contributed by atoms with van der Waals surface area (Å²) in [6.07, 6.45) is 6.01. The number of aromatic hydroxyl groups is 1. The molecule has 0 saturated heterocycles. The van der Waals surface area contributed by atoms with Crippen LogP contribution in [0.2, 0.25) is 0 Å². The third-order valence-electron chi connectivity index (χ3n) is 5.99. The maximum absolute atomic E-state index is 11.8. The highest BCUT2D eigenvalue weighted by Gasteiger charge is 2.61. The Bertz CT molecular complexity index is 546. The van der Waals surface area contributed by atoms with Crippen molar-refractivity contribution in [3.05, 3.63) is 29.8 Å². The third-order valence-corrected chi connectivity index (χ3v) is 5.99. The van der Waals surface area contributed by atoms with Gasteiger partial charge >= 0.3 is 5.97 Å². The molecule has 0 heterocycles. The fraction of sp³-hybridized carbons (Fsp3) is 0.588. The molecule has 0 amide bonds. The smallest absolute Gasteiger partial charge is 0.309 e. The predicted octanol–water partition coefficient (Wildman–Crippen LogP) is 3.31. The van der Waals surface area contributed by atoms with Crippen molar-refractivity contribution in [3.63, 3.8) is 0 Å². The second-order valence-electron chi connectivity index (χ2n) is 7.37. The van der Waals surface area contributed by atoms with Crippen molar-refractivity contribution in [2.75, 3.05) is 0 Å². The maximum atomic E-state index is 11.8. The van der Waals surface area contributed by atoms with Crippen LogP contribution in [0.3, 0.4) is 0 Å². The van der Waals surface area contributed by atoms with E-state index >= 15 is 0 Å². The van der Waals surface area contributed by atoms with Gasteiger partial charge in [-0.25, -0.2) is 0 Å². The first-order valence-corrected chi connectivity index (χ1v) is 7.54. The number of phenolic OH excluding ortho intramolecular Hbond substituents is 1. The lowest BCUT2D eigenvalue weighted by molar-refractivity contribution is -0.167. The highest BCUT2D eigenvalue weighted by molar-refractivity contribution is 5.76. The van der Waals surface area contributed by atoms with Gasteiger partial charge in [0.25, 0.3) is 0 Å². The molecular weight excluding hydrogens is 252 g/mol. The predicted molar refractivity (Wildman–Crippen MR) is 74.5 cm³/mol. The van der Waals surface area contributed by atoms with Crippen LogP contribution in [0.5, 0.6) is 5.75 Å². The molecule has 5 rings (SSSR count). The Hall–Kier alpha value is -1.51. The topological polar surface area (TPSA) is 57.5 Å². The summed E-state index contributed by atoms with van der Waals surface area (Å²) >= 11 is 0. The number of benzene rings is 1. The van der Waals surface area contributed by atoms with Crippen LogP contribution in [0.1, 0.15) is 44.1 Å². The molecule has 106 valence electrons. The lowest BCUT2D eigenvalue weighted by Crippen LogP contribution is -2.56. The van der Waals surface area contributed by atoms with Gasteiger partial charge < -0.3 is 10.2 Å².